The molecule has 4 rings (SSSR count). The van der Waals surface area contributed by atoms with Crippen LogP contribution in [0.2, 0.25) is 0 Å². The van der Waals surface area contributed by atoms with Crippen LogP contribution >= 0.6 is 11.3 Å². The Balaban J connectivity index is 1.53. The average Bonchev–Trinajstić information content (AvgIpc) is 3.10. The van der Waals surface area contributed by atoms with E-state index < -0.39 is 5.95 Å². The maximum absolute atomic E-state index is 13.3. The zero-order valence-corrected chi connectivity index (χ0v) is 14.2. The highest BCUT2D eigenvalue weighted by molar-refractivity contribution is 7.19. The van der Waals surface area contributed by atoms with Crippen molar-refractivity contribution >= 4 is 33.1 Å². The molecule has 1 aliphatic rings. The van der Waals surface area contributed by atoms with Crippen molar-refractivity contribution in [2.75, 3.05) is 18.5 Å². The molecule has 1 fully saturated rings. The first-order valence-electron chi connectivity index (χ1n) is 8.09. The predicted octanol–water partition coefficient (Wildman–Crippen LogP) is 3.86. The third-order valence-corrected chi connectivity index (χ3v) is 5.26. The molecule has 128 valence electrons. The number of nitrogens with one attached hydrogen (secondary N) is 1. The Labute approximate surface area is 147 Å². The highest BCUT2D eigenvalue weighted by atomic mass is 32.1. The number of hydrogen-bond acceptors (Lipinski definition) is 5. The summed E-state index contributed by atoms with van der Waals surface area (Å²) < 4.78 is 18.6. The van der Waals surface area contributed by atoms with Crippen LogP contribution in [-0.2, 0) is 9.53 Å². The number of fused-ring (bicyclic) bond motifs is 1. The minimum absolute atomic E-state index is 0.00384. The zero-order valence-electron chi connectivity index (χ0n) is 13.4. The van der Waals surface area contributed by atoms with Gasteiger partial charge < -0.3 is 10.1 Å². The Kier molecular flexibility index (Phi) is 4.42. The second-order valence-corrected chi connectivity index (χ2v) is 7.01. The van der Waals surface area contributed by atoms with Crippen LogP contribution in [0.5, 0.6) is 0 Å². The lowest BCUT2D eigenvalue weighted by atomic mass is 10.00. The second kappa shape index (κ2) is 6.85. The average molecular weight is 357 g/mol. The molecule has 0 saturated carbocycles. The molecule has 7 heteroatoms. The van der Waals surface area contributed by atoms with E-state index in [1.165, 1.54) is 23.6 Å². The molecule has 0 unspecified atom stereocenters. The molecule has 0 atom stereocenters. The van der Waals surface area contributed by atoms with Crippen LogP contribution in [0.25, 0.3) is 21.2 Å². The number of benzene rings is 1. The minimum atomic E-state index is -0.502. The summed E-state index contributed by atoms with van der Waals surface area (Å²) in [5.74, 6) is -0.522. The Morgan fingerprint density at radius 1 is 1.16 bits per heavy atom. The molecule has 1 aliphatic heterocycles. The third-order valence-electron chi connectivity index (χ3n) is 4.30. The number of amides is 1. The number of nitrogens with zero attached hydrogens (tertiary/aromatic N) is 2. The van der Waals surface area contributed by atoms with Crippen molar-refractivity contribution in [3.8, 4) is 10.4 Å². The standard InChI is InChI=1S/C18H16FN3O2S/c19-16-8-14-7-12(1-2-13(14)9-20-16)15-10-21-18(25-15)22-17(23)11-3-5-24-6-4-11/h1-2,7-11H,3-6H2,(H,21,22,23). The number of anilines is 1. The largest absolute Gasteiger partial charge is 0.381 e. The fraction of sp³-hybridized carbons (Fsp3) is 0.278. The highest BCUT2D eigenvalue weighted by Crippen LogP contribution is 2.31. The monoisotopic (exact) mass is 357 g/mol. The van der Waals surface area contributed by atoms with Gasteiger partial charge in [0.2, 0.25) is 11.9 Å². The molecule has 1 N–H and O–H groups in total. The van der Waals surface area contributed by atoms with Crippen molar-refractivity contribution in [3.05, 3.63) is 42.6 Å². The second-order valence-electron chi connectivity index (χ2n) is 5.97. The summed E-state index contributed by atoms with van der Waals surface area (Å²) in [4.78, 5) is 21.1. The van der Waals surface area contributed by atoms with Gasteiger partial charge in [0.15, 0.2) is 5.13 Å². The smallest absolute Gasteiger partial charge is 0.229 e. The van der Waals surface area contributed by atoms with E-state index >= 15 is 0 Å². The fourth-order valence-electron chi connectivity index (χ4n) is 2.90. The summed E-state index contributed by atoms with van der Waals surface area (Å²) >= 11 is 1.41. The van der Waals surface area contributed by atoms with E-state index in [-0.39, 0.29) is 11.8 Å². The summed E-state index contributed by atoms with van der Waals surface area (Å²) in [6, 6.07) is 7.15. The van der Waals surface area contributed by atoms with Crippen LogP contribution in [0.3, 0.4) is 0 Å². The lowest BCUT2D eigenvalue weighted by Crippen LogP contribution is -2.28. The molecule has 0 aliphatic carbocycles. The molecular weight excluding hydrogens is 341 g/mol. The lowest BCUT2D eigenvalue weighted by molar-refractivity contribution is -0.122. The van der Waals surface area contributed by atoms with Crippen LogP contribution in [0.4, 0.5) is 9.52 Å². The van der Waals surface area contributed by atoms with Gasteiger partial charge in [-0.05, 0) is 29.9 Å². The molecule has 1 amide bonds. The number of rotatable bonds is 3. The van der Waals surface area contributed by atoms with Gasteiger partial charge in [0, 0.05) is 43.0 Å². The highest BCUT2D eigenvalue weighted by Gasteiger charge is 2.22. The maximum atomic E-state index is 13.3. The van der Waals surface area contributed by atoms with E-state index in [1.807, 2.05) is 18.2 Å². The van der Waals surface area contributed by atoms with Gasteiger partial charge in [0.1, 0.15) is 0 Å². The van der Waals surface area contributed by atoms with Crippen molar-refractivity contribution in [1.82, 2.24) is 9.97 Å². The van der Waals surface area contributed by atoms with Gasteiger partial charge in [-0.25, -0.2) is 9.97 Å². The van der Waals surface area contributed by atoms with Gasteiger partial charge >= 0.3 is 0 Å². The van der Waals surface area contributed by atoms with Crippen molar-refractivity contribution < 1.29 is 13.9 Å². The molecule has 5 nitrogen and oxygen atoms in total. The van der Waals surface area contributed by atoms with Gasteiger partial charge in [-0.3, -0.25) is 4.79 Å². The summed E-state index contributed by atoms with van der Waals surface area (Å²) in [5.41, 5.74) is 0.933. The van der Waals surface area contributed by atoms with Crippen LogP contribution in [0.1, 0.15) is 12.8 Å². The van der Waals surface area contributed by atoms with Gasteiger partial charge in [0.25, 0.3) is 0 Å². The van der Waals surface area contributed by atoms with Gasteiger partial charge in [0.05, 0.1) is 4.88 Å². The molecule has 25 heavy (non-hydrogen) atoms. The van der Waals surface area contributed by atoms with Crippen molar-refractivity contribution in [1.29, 1.82) is 0 Å². The number of pyridine rings is 1. The Morgan fingerprint density at radius 3 is 2.84 bits per heavy atom. The molecule has 1 aromatic carbocycles. The van der Waals surface area contributed by atoms with E-state index in [4.69, 9.17) is 4.74 Å². The maximum Gasteiger partial charge on any atom is 0.229 e. The first-order valence-corrected chi connectivity index (χ1v) is 8.91. The number of halogens is 1. The van der Waals surface area contributed by atoms with E-state index in [0.717, 1.165) is 34.1 Å². The number of carbonyl (C=O) groups excluding carboxylic acids is 1. The number of aromatic nitrogens is 2. The normalized spacial score (nSPS) is 15.4. The van der Waals surface area contributed by atoms with E-state index in [9.17, 15) is 9.18 Å². The predicted molar refractivity (Wildman–Crippen MR) is 95.0 cm³/mol. The van der Waals surface area contributed by atoms with Crippen LogP contribution in [0, 0.1) is 11.9 Å². The SMILES string of the molecule is O=C(Nc1ncc(-c2ccc3cnc(F)cc3c2)s1)C1CCOCC1. The Bertz CT molecular complexity index is 922. The summed E-state index contributed by atoms with van der Waals surface area (Å²) in [7, 11) is 0. The van der Waals surface area contributed by atoms with Crippen molar-refractivity contribution in [2.24, 2.45) is 5.92 Å². The van der Waals surface area contributed by atoms with Gasteiger partial charge in [-0.2, -0.15) is 4.39 Å². The fourth-order valence-corrected chi connectivity index (χ4v) is 3.72. The zero-order chi connectivity index (χ0) is 17.2. The first kappa shape index (κ1) is 16.1. The van der Waals surface area contributed by atoms with Crippen molar-refractivity contribution in [3.63, 3.8) is 0 Å². The third kappa shape index (κ3) is 3.52. The number of carbonyl (C=O) groups is 1. The number of thiazole rings is 1. The Hall–Kier alpha value is -2.38. The number of hydrogen-bond donors (Lipinski definition) is 1. The summed E-state index contributed by atoms with van der Waals surface area (Å²) in [6.45, 7) is 1.26. The first-order chi connectivity index (χ1) is 12.2. The molecule has 3 heterocycles. The lowest BCUT2D eigenvalue weighted by Gasteiger charge is -2.20. The summed E-state index contributed by atoms with van der Waals surface area (Å²) in [5, 5.41) is 5.13. The van der Waals surface area contributed by atoms with Crippen molar-refractivity contribution in [2.45, 2.75) is 12.8 Å². The molecular formula is C18H16FN3O2S. The Morgan fingerprint density at radius 2 is 2.00 bits per heavy atom. The van der Waals surface area contributed by atoms with Crippen LogP contribution in [0.15, 0.2) is 36.7 Å². The molecule has 0 bridgehead atoms. The van der Waals surface area contributed by atoms with E-state index in [1.54, 1.807) is 6.20 Å². The topological polar surface area (TPSA) is 64.1 Å². The van der Waals surface area contributed by atoms with Gasteiger partial charge in [-0.15, -0.1) is 0 Å². The molecule has 1 saturated heterocycles. The minimum Gasteiger partial charge on any atom is -0.381 e. The van der Waals surface area contributed by atoms with E-state index in [2.05, 4.69) is 15.3 Å². The molecule has 0 radical (unpaired) electrons. The van der Waals surface area contributed by atoms with Gasteiger partial charge in [-0.1, -0.05) is 23.5 Å². The molecule has 0 spiro atoms. The number of ether oxygens (including phenoxy) is 1. The van der Waals surface area contributed by atoms with Crippen LogP contribution in [-0.4, -0.2) is 29.1 Å². The molecule has 3 aromatic rings. The summed E-state index contributed by atoms with van der Waals surface area (Å²) in [6.07, 6.45) is 4.73. The van der Waals surface area contributed by atoms with Crippen LogP contribution < -0.4 is 5.32 Å². The van der Waals surface area contributed by atoms with E-state index in [0.29, 0.717) is 18.3 Å². The molecule has 2 aromatic heterocycles. The quantitative estimate of drug-likeness (QED) is 0.723.